The fourth-order valence-corrected chi connectivity index (χ4v) is 1.31. The number of rotatable bonds is 0. The first-order chi connectivity index (χ1) is 5.70. The summed E-state index contributed by atoms with van der Waals surface area (Å²) in [6.07, 6.45) is 2.71. The Bertz CT molecular complexity index is 258. The van der Waals surface area contributed by atoms with E-state index >= 15 is 0 Å². The quantitative estimate of drug-likeness (QED) is 0.409. The van der Waals surface area contributed by atoms with Crippen molar-refractivity contribution in [3.63, 3.8) is 0 Å². The summed E-state index contributed by atoms with van der Waals surface area (Å²) in [5.41, 5.74) is 6.55. The highest BCUT2D eigenvalue weighted by Crippen LogP contribution is 2.24. The van der Waals surface area contributed by atoms with Crippen LogP contribution in [0.15, 0.2) is 16.8 Å². The van der Waals surface area contributed by atoms with Crippen molar-refractivity contribution in [2.75, 3.05) is 7.05 Å². The van der Waals surface area contributed by atoms with Gasteiger partial charge in [-0.15, -0.1) is 0 Å². The normalized spacial score (nSPS) is 31.4. The molecule has 0 aromatic carbocycles. The van der Waals surface area contributed by atoms with E-state index in [4.69, 9.17) is 13.6 Å². The summed E-state index contributed by atoms with van der Waals surface area (Å²) in [6.45, 7) is 0. The molecule has 0 saturated heterocycles. The monoisotopic (exact) mass is 162 g/mol. The van der Waals surface area contributed by atoms with Crippen LogP contribution in [0.5, 0.6) is 0 Å². The molecule has 2 N–H and O–H groups in total. The Kier molecular flexibility index (Phi) is 2.68. The van der Waals surface area contributed by atoms with Gasteiger partial charge in [0.1, 0.15) is 0 Å². The van der Waals surface area contributed by atoms with Gasteiger partial charge in [-0.1, -0.05) is 0 Å². The summed E-state index contributed by atoms with van der Waals surface area (Å²) in [4.78, 5) is 15.3. The van der Waals surface area contributed by atoms with E-state index in [-0.39, 0.29) is 5.78 Å². The van der Waals surface area contributed by atoms with Crippen molar-refractivity contribution in [2.45, 2.75) is 18.7 Å². The fraction of sp³-hybridized carbons (Fsp3) is 0.500. The summed E-state index contributed by atoms with van der Waals surface area (Å²) in [5.74, 6) is -0.491. The minimum Gasteiger partial charge on any atom is -0.404 e. The number of hydrogen-bond donors (Lipinski definition) is 1. The first kappa shape index (κ1) is 9.04. The molecule has 3 nitrogen and oxygen atoms in total. The van der Waals surface area contributed by atoms with E-state index in [9.17, 15) is 4.79 Å². The second-order valence-electron chi connectivity index (χ2n) is 2.76. The van der Waals surface area contributed by atoms with E-state index in [2.05, 4.69) is 4.99 Å². The van der Waals surface area contributed by atoms with Crippen LogP contribution in [-0.4, -0.2) is 26.4 Å². The number of carbonyl (C=O) groups excluding carboxylic acids is 1. The van der Waals surface area contributed by atoms with Gasteiger partial charge < -0.3 is 5.73 Å². The third kappa shape index (κ3) is 1.42. The van der Waals surface area contributed by atoms with Crippen molar-refractivity contribution < 1.29 is 4.79 Å². The van der Waals surface area contributed by atoms with Crippen LogP contribution in [0.1, 0.15) is 12.8 Å². The average Bonchev–Trinajstić information content (AvgIpc) is 2.09. The Labute approximate surface area is 73.1 Å². The molecule has 0 amide bonds. The molecule has 0 aromatic rings. The number of nitrogens with zero attached hydrogens (tertiary/aromatic N) is 1. The van der Waals surface area contributed by atoms with Gasteiger partial charge in [0, 0.05) is 19.0 Å². The van der Waals surface area contributed by atoms with Crippen LogP contribution in [0.25, 0.3) is 0 Å². The fourth-order valence-electron chi connectivity index (χ4n) is 1.31. The van der Waals surface area contributed by atoms with Gasteiger partial charge in [0.05, 0.1) is 13.4 Å². The van der Waals surface area contributed by atoms with Crippen LogP contribution in [0, 0.1) is 0 Å². The van der Waals surface area contributed by atoms with Crippen LogP contribution < -0.4 is 5.73 Å². The maximum absolute atomic E-state index is 11.4. The molecule has 1 aliphatic rings. The standard InChI is InChI=1S/C8H11BN2O/c1-11-7-3-2-6(9)8(12)5(7)4-10/h4,6H,2-3,10H2,1H3/b5-4+,11-7?. The van der Waals surface area contributed by atoms with Gasteiger partial charge in [0.15, 0.2) is 5.78 Å². The van der Waals surface area contributed by atoms with Crippen LogP contribution in [0.2, 0.25) is 5.82 Å². The lowest BCUT2D eigenvalue weighted by atomic mass is 9.72. The van der Waals surface area contributed by atoms with Gasteiger partial charge in [-0.3, -0.25) is 9.79 Å². The number of ketones is 1. The second-order valence-corrected chi connectivity index (χ2v) is 2.76. The van der Waals surface area contributed by atoms with E-state index in [1.807, 2.05) is 0 Å². The van der Waals surface area contributed by atoms with E-state index in [1.54, 1.807) is 7.05 Å². The molecule has 12 heavy (non-hydrogen) atoms. The summed E-state index contributed by atoms with van der Waals surface area (Å²) < 4.78 is 0. The highest BCUT2D eigenvalue weighted by Gasteiger charge is 2.26. The average molecular weight is 162 g/mol. The van der Waals surface area contributed by atoms with Crippen molar-refractivity contribution >= 4 is 19.3 Å². The molecule has 0 bridgehead atoms. The molecule has 1 atom stereocenters. The lowest BCUT2D eigenvalue weighted by Gasteiger charge is -2.20. The third-order valence-electron chi connectivity index (χ3n) is 2.04. The Morgan fingerprint density at radius 1 is 1.75 bits per heavy atom. The first-order valence-electron chi connectivity index (χ1n) is 3.88. The van der Waals surface area contributed by atoms with Gasteiger partial charge in [-0.05, 0) is 18.7 Å². The minimum absolute atomic E-state index is 0.0932. The molecule has 1 fully saturated rings. The molecule has 1 aliphatic carbocycles. The van der Waals surface area contributed by atoms with Gasteiger partial charge in [-0.25, -0.2) is 0 Å². The SMILES string of the molecule is [B]C1CCC(=NC)/C(=C\N)C1=O. The lowest BCUT2D eigenvalue weighted by Crippen LogP contribution is -2.25. The molecule has 62 valence electrons. The number of nitrogens with two attached hydrogens (primary N) is 1. The number of carbonyl (C=O) groups is 1. The van der Waals surface area contributed by atoms with E-state index in [0.717, 1.165) is 12.1 Å². The number of allylic oxidation sites excluding steroid dienone is 1. The number of hydrogen-bond acceptors (Lipinski definition) is 3. The molecule has 1 rings (SSSR count). The molecule has 0 aliphatic heterocycles. The van der Waals surface area contributed by atoms with Gasteiger partial charge in [0.2, 0.25) is 0 Å². The second kappa shape index (κ2) is 3.56. The first-order valence-corrected chi connectivity index (χ1v) is 3.88. The van der Waals surface area contributed by atoms with Crippen molar-refractivity contribution in [1.29, 1.82) is 0 Å². The molecule has 4 heteroatoms. The molecule has 0 spiro atoms. The van der Waals surface area contributed by atoms with E-state index in [0.29, 0.717) is 12.0 Å². The van der Waals surface area contributed by atoms with Gasteiger partial charge >= 0.3 is 0 Å². The minimum atomic E-state index is -0.398. The highest BCUT2D eigenvalue weighted by atomic mass is 16.1. The van der Waals surface area contributed by atoms with Crippen LogP contribution in [-0.2, 0) is 4.79 Å². The molecule has 2 radical (unpaired) electrons. The summed E-state index contributed by atoms with van der Waals surface area (Å²) in [7, 11) is 7.22. The molecule has 1 unspecified atom stereocenters. The number of Topliss-reactive ketones (excluding diaryl/α,β-unsaturated/α-hetero) is 1. The summed E-state index contributed by atoms with van der Waals surface area (Å²) in [5, 5.41) is 0. The largest absolute Gasteiger partial charge is 0.404 e. The Morgan fingerprint density at radius 3 is 2.92 bits per heavy atom. The topological polar surface area (TPSA) is 55.4 Å². The zero-order valence-corrected chi connectivity index (χ0v) is 7.08. The van der Waals surface area contributed by atoms with E-state index < -0.39 is 5.82 Å². The molecular weight excluding hydrogens is 151 g/mol. The van der Waals surface area contributed by atoms with Gasteiger partial charge in [0.25, 0.3) is 0 Å². The van der Waals surface area contributed by atoms with Crippen LogP contribution in [0.3, 0.4) is 0 Å². The van der Waals surface area contributed by atoms with Crippen molar-refractivity contribution in [2.24, 2.45) is 10.7 Å². The molecule has 0 heterocycles. The molecule has 1 saturated carbocycles. The summed E-state index contributed by atoms with van der Waals surface area (Å²) >= 11 is 0. The third-order valence-corrected chi connectivity index (χ3v) is 2.04. The molecular formula is C8H11BN2O. The summed E-state index contributed by atoms with van der Waals surface area (Å²) in [6, 6.07) is 0. The Morgan fingerprint density at radius 2 is 2.42 bits per heavy atom. The lowest BCUT2D eigenvalue weighted by molar-refractivity contribution is -0.115. The van der Waals surface area contributed by atoms with Gasteiger partial charge in [-0.2, -0.15) is 0 Å². The Balaban J connectivity index is 2.95. The van der Waals surface area contributed by atoms with Crippen molar-refractivity contribution in [3.05, 3.63) is 11.8 Å². The predicted octanol–water partition coefficient (Wildman–Crippen LogP) is 0.220. The Hall–Kier alpha value is -1.06. The molecule has 0 aromatic heterocycles. The maximum Gasteiger partial charge on any atom is 0.160 e. The highest BCUT2D eigenvalue weighted by molar-refractivity contribution is 6.36. The van der Waals surface area contributed by atoms with E-state index in [1.165, 1.54) is 6.20 Å². The van der Waals surface area contributed by atoms with Crippen LogP contribution >= 0.6 is 0 Å². The zero-order chi connectivity index (χ0) is 9.14. The maximum atomic E-state index is 11.4. The smallest absolute Gasteiger partial charge is 0.160 e. The van der Waals surface area contributed by atoms with Crippen LogP contribution in [0.4, 0.5) is 0 Å². The number of aliphatic imine (C=N–C) groups is 1. The predicted molar refractivity (Wildman–Crippen MR) is 49.4 cm³/mol. The zero-order valence-electron chi connectivity index (χ0n) is 7.08. The van der Waals surface area contributed by atoms with Crippen molar-refractivity contribution in [1.82, 2.24) is 0 Å². The van der Waals surface area contributed by atoms with Crippen molar-refractivity contribution in [3.8, 4) is 0 Å².